The number of para-hydroxylation sites is 1. The van der Waals surface area contributed by atoms with Crippen molar-refractivity contribution in [3.05, 3.63) is 41.7 Å². The summed E-state index contributed by atoms with van der Waals surface area (Å²) in [4.78, 5) is 14.2. The summed E-state index contributed by atoms with van der Waals surface area (Å²) < 4.78 is 11.3. The number of morpholine rings is 1. The number of furan rings is 1. The molecule has 1 aliphatic heterocycles. The van der Waals surface area contributed by atoms with E-state index >= 15 is 0 Å². The van der Waals surface area contributed by atoms with Gasteiger partial charge < -0.3 is 14.1 Å². The second kappa shape index (κ2) is 6.36. The number of benzene rings is 1. The van der Waals surface area contributed by atoms with E-state index in [2.05, 4.69) is 13.0 Å². The second-order valence-electron chi connectivity index (χ2n) is 5.52. The van der Waals surface area contributed by atoms with Crippen molar-refractivity contribution in [2.24, 2.45) is 0 Å². The molecule has 0 unspecified atom stereocenters. The highest BCUT2D eigenvalue weighted by Crippen LogP contribution is 2.31. The van der Waals surface area contributed by atoms with Gasteiger partial charge in [0, 0.05) is 30.1 Å². The summed E-state index contributed by atoms with van der Waals surface area (Å²) >= 11 is 0. The van der Waals surface area contributed by atoms with Crippen molar-refractivity contribution in [1.82, 2.24) is 4.90 Å². The number of hydrogen-bond donors (Lipinski definition) is 0. The highest BCUT2D eigenvalue weighted by molar-refractivity contribution is 5.96. The van der Waals surface area contributed by atoms with Crippen molar-refractivity contribution in [2.45, 2.75) is 20.3 Å². The van der Waals surface area contributed by atoms with Gasteiger partial charge in [-0.05, 0) is 25.0 Å². The smallest absolute Gasteiger partial charge is 0.247 e. The fourth-order valence-corrected chi connectivity index (χ4v) is 2.89. The first-order valence-corrected chi connectivity index (χ1v) is 7.76. The normalized spacial score (nSPS) is 16.3. The van der Waals surface area contributed by atoms with Gasteiger partial charge in [0.1, 0.15) is 11.3 Å². The van der Waals surface area contributed by atoms with Crippen LogP contribution in [0.5, 0.6) is 0 Å². The summed E-state index contributed by atoms with van der Waals surface area (Å²) in [6, 6.07) is 8.01. The SMILES string of the molecule is CCc1c(/C(C)=C/C(=O)N2CCOCC2)oc2ccccc12. The molecule has 4 heteroatoms. The zero-order chi connectivity index (χ0) is 15.5. The van der Waals surface area contributed by atoms with E-state index in [1.165, 1.54) is 5.56 Å². The molecule has 0 spiro atoms. The van der Waals surface area contributed by atoms with Gasteiger partial charge in [-0.25, -0.2) is 0 Å². The minimum absolute atomic E-state index is 0.0308. The maximum Gasteiger partial charge on any atom is 0.247 e. The van der Waals surface area contributed by atoms with Crippen LogP contribution < -0.4 is 0 Å². The van der Waals surface area contributed by atoms with Crippen molar-refractivity contribution < 1.29 is 13.9 Å². The quantitative estimate of drug-likeness (QED) is 0.817. The number of nitrogens with zero attached hydrogens (tertiary/aromatic N) is 1. The third kappa shape index (κ3) is 2.79. The molecule has 2 heterocycles. The number of ether oxygens (including phenoxy) is 1. The van der Waals surface area contributed by atoms with E-state index in [0.29, 0.717) is 26.3 Å². The molecule has 1 aromatic carbocycles. The lowest BCUT2D eigenvalue weighted by molar-refractivity contribution is -0.129. The average molecular weight is 299 g/mol. The van der Waals surface area contributed by atoms with Crippen LogP contribution in [0.25, 0.3) is 16.5 Å². The van der Waals surface area contributed by atoms with Gasteiger partial charge in [-0.2, -0.15) is 0 Å². The molecule has 3 rings (SSSR count). The van der Waals surface area contributed by atoms with Gasteiger partial charge in [-0.1, -0.05) is 25.1 Å². The van der Waals surface area contributed by atoms with E-state index < -0.39 is 0 Å². The second-order valence-corrected chi connectivity index (χ2v) is 5.52. The van der Waals surface area contributed by atoms with Crippen molar-refractivity contribution in [3.8, 4) is 0 Å². The summed E-state index contributed by atoms with van der Waals surface area (Å²) in [6.07, 6.45) is 2.56. The molecule has 0 saturated carbocycles. The molecule has 0 N–H and O–H groups in total. The molecule has 1 fully saturated rings. The average Bonchev–Trinajstić information content (AvgIpc) is 2.94. The van der Waals surface area contributed by atoms with Gasteiger partial charge >= 0.3 is 0 Å². The molecule has 22 heavy (non-hydrogen) atoms. The Bertz CT molecular complexity index is 708. The van der Waals surface area contributed by atoms with E-state index in [1.54, 1.807) is 6.08 Å². The van der Waals surface area contributed by atoms with Gasteiger partial charge in [0.2, 0.25) is 5.91 Å². The van der Waals surface area contributed by atoms with Crippen LogP contribution in [0, 0.1) is 0 Å². The zero-order valence-corrected chi connectivity index (χ0v) is 13.1. The largest absolute Gasteiger partial charge is 0.456 e. The number of aryl methyl sites for hydroxylation is 1. The van der Waals surface area contributed by atoms with E-state index in [9.17, 15) is 4.79 Å². The van der Waals surface area contributed by atoms with Crippen molar-refractivity contribution in [2.75, 3.05) is 26.3 Å². The molecule has 0 atom stereocenters. The van der Waals surface area contributed by atoms with E-state index in [-0.39, 0.29) is 5.91 Å². The number of allylic oxidation sites excluding steroid dienone is 1. The molecule has 116 valence electrons. The molecule has 1 saturated heterocycles. The van der Waals surface area contributed by atoms with Crippen LogP contribution in [0.3, 0.4) is 0 Å². The minimum Gasteiger partial charge on any atom is -0.456 e. The summed E-state index contributed by atoms with van der Waals surface area (Å²) in [6.45, 7) is 6.59. The minimum atomic E-state index is 0.0308. The third-order valence-corrected chi connectivity index (χ3v) is 4.07. The molecule has 0 radical (unpaired) electrons. The summed E-state index contributed by atoms with van der Waals surface area (Å²) in [5.74, 6) is 0.855. The topological polar surface area (TPSA) is 42.7 Å². The predicted molar refractivity (Wildman–Crippen MR) is 86.6 cm³/mol. The Labute approximate surface area is 130 Å². The lowest BCUT2D eigenvalue weighted by Crippen LogP contribution is -2.39. The van der Waals surface area contributed by atoms with Crippen LogP contribution in [0.1, 0.15) is 25.2 Å². The zero-order valence-electron chi connectivity index (χ0n) is 13.1. The van der Waals surface area contributed by atoms with Gasteiger partial charge in [-0.3, -0.25) is 4.79 Å². The van der Waals surface area contributed by atoms with Crippen LogP contribution in [0.15, 0.2) is 34.8 Å². The Morgan fingerprint density at radius 2 is 2.00 bits per heavy atom. The standard InChI is InChI=1S/C18H21NO3/c1-3-14-15-6-4-5-7-16(15)22-18(14)13(2)12-17(20)19-8-10-21-11-9-19/h4-7,12H,3,8-11H2,1-2H3/b13-12+. The number of rotatable bonds is 3. The fraction of sp³-hybridized carbons (Fsp3) is 0.389. The summed E-state index contributed by atoms with van der Waals surface area (Å²) in [5, 5.41) is 1.13. The molecule has 4 nitrogen and oxygen atoms in total. The number of fused-ring (bicyclic) bond motifs is 1. The monoisotopic (exact) mass is 299 g/mol. The van der Waals surface area contributed by atoms with Crippen LogP contribution in [0.4, 0.5) is 0 Å². The van der Waals surface area contributed by atoms with Gasteiger partial charge in [-0.15, -0.1) is 0 Å². The van der Waals surface area contributed by atoms with Crippen molar-refractivity contribution in [3.63, 3.8) is 0 Å². The highest BCUT2D eigenvalue weighted by atomic mass is 16.5. The van der Waals surface area contributed by atoms with Crippen LogP contribution in [-0.4, -0.2) is 37.1 Å². The Kier molecular flexibility index (Phi) is 4.29. The van der Waals surface area contributed by atoms with E-state index in [1.807, 2.05) is 30.0 Å². The molecule has 1 amide bonds. The van der Waals surface area contributed by atoms with Crippen molar-refractivity contribution in [1.29, 1.82) is 0 Å². The van der Waals surface area contributed by atoms with Crippen LogP contribution in [-0.2, 0) is 16.0 Å². The number of hydrogen-bond acceptors (Lipinski definition) is 3. The first-order chi connectivity index (χ1) is 10.7. The first-order valence-electron chi connectivity index (χ1n) is 7.76. The highest BCUT2D eigenvalue weighted by Gasteiger charge is 2.18. The van der Waals surface area contributed by atoms with Crippen LogP contribution in [0.2, 0.25) is 0 Å². The van der Waals surface area contributed by atoms with Gasteiger partial charge in [0.05, 0.1) is 13.2 Å². The third-order valence-electron chi connectivity index (χ3n) is 4.07. The molecule has 2 aromatic rings. The predicted octanol–water partition coefficient (Wildman–Crippen LogP) is 3.26. The van der Waals surface area contributed by atoms with Gasteiger partial charge in [0.15, 0.2) is 0 Å². The first kappa shape index (κ1) is 14.9. The molecule has 0 aliphatic carbocycles. The molecule has 1 aliphatic rings. The number of carbonyl (C=O) groups excluding carboxylic acids is 1. The maximum absolute atomic E-state index is 12.3. The molecular weight excluding hydrogens is 278 g/mol. The van der Waals surface area contributed by atoms with Gasteiger partial charge in [0.25, 0.3) is 0 Å². The maximum atomic E-state index is 12.3. The Balaban J connectivity index is 1.92. The molecule has 1 aromatic heterocycles. The van der Waals surface area contributed by atoms with Crippen molar-refractivity contribution >= 4 is 22.4 Å². The van der Waals surface area contributed by atoms with E-state index in [4.69, 9.17) is 9.15 Å². The summed E-state index contributed by atoms with van der Waals surface area (Å²) in [5.41, 5.74) is 2.92. The fourth-order valence-electron chi connectivity index (χ4n) is 2.89. The number of amides is 1. The van der Waals surface area contributed by atoms with E-state index in [0.717, 1.165) is 28.7 Å². The lowest BCUT2D eigenvalue weighted by atomic mass is 10.0. The van der Waals surface area contributed by atoms with Crippen LogP contribution >= 0.6 is 0 Å². The Morgan fingerprint density at radius 1 is 1.27 bits per heavy atom. The summed E-state index contributed by atoms with van der Waals surface area (Å²) in [7, 11) is 0. The Morgan fingerprint density at radius 3 is 2.73 bits per heavy atom. The molecule has 0 bridgehead atoms. The number of carbonyl (C=O) groups is 1. The Hall–Kier alpha value is -2.07. The molecular formula is C18H21NO3. The lowest BCUT2D eigenvalue weighted by Gasteiger charge is -2.25.